The molecule has 2 rings (SSSR count). The molecule has 0 fully saturated rings. The second kappa shape index (κ2) is 12.6. The monoisotopic (exact) mass is 410 g/mol. The molecule has 1 aliphatic carbocycles. The Bertz CT molecular complexity index is 635. The molecule has 0 spiro atoms. The standard InChI is InChI=1S/C28H46Si/c1-6-9-11-13-17-24-21-25(18-14-12-10-7-2)23-27(22-24)29(4,5)28-20-15-19-26(28)16-8-3/h15,19-23,28H,6-14,16-18H2,1-5H3. The number of hydrogen-bond acceptors (Lipinski definition) is 0. The van der Waals surface area contributed by atoms with Gasteiger partial charge >= 0.3 is 0 Å². The van der Waals surface area contributed by atoms with E-state index in [0.717, 1.165) is 0 Å². The summed E-state index contributed by atoms with van der Waals surface area (Å²) >= 11 is 0. The van der Waals surface area contributed by atoms with Gasteiger partial charge in [0.1, 0.15) is 0 Å². The van der Waals surface area contributed by atoms with Crippen LogP contribution in [0.1, 0.15) is 96.1 Å². The molecule has 0 nitrogen and oxygen atoms in total. The molecule has 1 unspecified atom stereocenters. The van der Waals surface area contributed by atoms with Gasteiger partial charge in [-0.3, -0.25) is 0 Å². The topological polar surface area (TPSA) is 0 Å². The number of unbranched alkanes of at least 4 members (excludes halogenated alkanes) is 6. The van der Waals surface area contributed by atoms with Crippen LogP contribution < -0.4 is 5.19 Å². The zero-order valence-electron chi connectivity index (χ0n) is 20.0. The quantitative estimate of drug-likeness (QED) is 0.213. The Hall–Kier alpha value is -1.08. The van der Waals surface area contributed by atoms with Crippen LogP contribution >= 0.6 is 0 Å². The minimum atomic E-state index is -1.57. The molecule has 0 saturated heterocycles. The van der Waals surface area contributed by atoms with Gasteiger partial charge in [0.05, 0.1) is 8.07 Å². The largest absolute Gasteiger partial charge is 0.0915 e. The number of rotatable bonds is 14. The second-order valence-electron chi connectivity index (χ2n) is 9.74. The molecular weight excluding hydrogens is 364 g/mol. The predicted molar refractivity (Wildman–Crippen MR) is 135 cm³/mol. The van der Waals surface area contributed by atoms with E-state index in [9.17, 15) is 0 Å². The van der Waals surface area contributed by atoms with Gasteiger partial charge in [0.15, 0.2) is 0 Å². The van der Waals surface area contributed by atoms with E-state index in [1.54, 1.807) is 21.9 Å². The molecule has 0 saturated carbocycles. The van der Waals surface area contributed by atoms with Crippen LogP contribution in [0.4, 0.5) is 0 Å². The highest BCUT2D eigenvalue weighted by atomic mass is 28.3. The zero-order chi connectivity index (χ0) is 21.1. The van der Waals surface area contributed by atoms with E-state index in [2.05, 4.69) is 70.3 Å². The van der Waals surface area contributed by atoms with Gasteiger partial charge in [0.2, 0.25) is 0 Å². The molecule has 0 amide bonds. The summed E-state index contributed by atoms with van der Waals surface area (Å²) in [6.07, 6.45) is 23.1. The Kier molecular flexibility index (Phi) is 10.5. The Balaban J connectivity index is 2.22. The van der Waals surface area contributed by atoms with E-state index in [4.69, 9.17) is 0 Å². The Morgan fingerprint density at radius 2 is 1.28 bits per heavy atom. The van der Waals surface area contributed by atoms with Crippen LogP contribution in [-0.2, 0) is 12.8 Å². The van der Waals surface area contributed by atoms with Gasteiger partial charge in [-0.2, -0.15) is 0 Å². The maximum atomic E-state index is 2.61. The van der Waals surface area contributed by atoms with E-state index in [-0.39, 0.29) is 0 Å². The van der Waals surface area contributed by atoms with Crippen molar-refractivity contribution in [1.82, 2.24) is 0 Å². The smallest absolute Gasteiger partial charge is 0.0797 e. The van der Waals surface area contributed by atoms with Crippen LogP contribution in [0.3, 0.4) is 0 Å². The van der Waals surface area contributed by atoms with Gasteiger partial charge in [-0.15, -0.1) is 0 Å². The normalized spacial score (nSPS) is 16.4. The van der Waals surface area contributed by atoms with Crippen molar-refractivity contribution in [2.45, 2.75) is 116 Å². The van der Waals surface area contributed by atoms with Crippen LogP contribution in [0.25, 0.3) is 0 Å². The van der Waals surface area contributed by atoms with Gasteiger partial charge in [-0.1, -0.05) is 126 Å². The number of allylic oxidation sites excluding steroid dienone is 4. The molecule has 0 N–H and O–H groups in total. The summed E-state index contributed by atoms with van der Waals surface area (Å²) in [7, 11) is -1.57. The average Bonchev–Trinajstić information content (AvgIpc) is 3.18. The summed E-state index contributed by atoms with van der Waals surface area (Å²) in [6.45, 7) is 12.1. The fourth-order valence-electron chi connectivity index (χ4n) is 4.86. The van der Waals surface area contributed by atoms with Crippen LogP contribution in [-0.4, -0.2) is 8.07 Å². The second-order valence-corrected chi connectivity index (χ2v) is 14.4. The highest BCUT2D eigenvalue weighted by molar-refractivity contribution is 6.92. The van der Waals surface area contributed by atoms with Crippen molar-refractivity contribution >= 4 is 13.3 Å². The highest BCUT2D eigenvalue weighted by Gasteiger charge is 2.35. The summed E-state index contributed by atoms with van der Waals surface area (Å²) in [5.74, 6) is 0. The Morgan fingerprint density at radius 1 is 0.690 bits per heavy atom. The predicted octanol–water partition coefficient (Wildman–Crippen LogP) is 8.51. The van der Waals surface area contributed by atoms with Crippen LogP contribution in [0, 0.1) is 0 Å². The lowest BCUT2D eigenvalue weighted by atomic mass is 10.0. The fourth-order valence-corrected chi connectivity index (χ4v) is 8.10. The SMILES string of the molecule is CCCCCCc1cc(CCCCCC)cc([Si](C)(C)C2C=CC=C2CCC)c1. The van der Waals surface area contributed by atoms with Gasteiger partial charge < -0.3 is 0 Å². The molecule has 1 atom stereocenters. The molecular formula is C28H46Si. The minimum absolute atomic E-state index is 0.686. The van der Waals surface area contributed by atoms with Crippen molar-refractivity contribution in [3.05, 3.63) is 53.1 Å². The molecule has 0 aromatic heterocycles. The average molecular weight is 411 g/mol. The van der Waals surface area contributed by atoms with Crippen molar-refractivity contribution in [3.63, 3.8) is 0 Å². The van der Waals surface area contributed by atoms with E-state index in [0.29, 0.717) is 5.54 Å². The summed E-state index contributed by atoms with van der Waals surface area (Å²) < 4.78 is 0. The van der Waals surface area contributed by atoms with Crippen molar-refractivity contribution in [2.24, 2.45) is 0 Å². The van der Waals surface area contributed by atoms with Crippen LogP contribution in [0.5, 0.6) is 0 Å². The summed E-state index contributed by atoms with van der Waals surface area (Å²) in [4.78, 5) is 0. The highest BCUT2D eigenvalue weighted by Crippen LogP contribution is 2.37. The third kappa shape index (κ3) is 7.28. The summed E-state index contributed by atoms with van der Waals surface area (Å²) in [5, 5.41) is 1.69. The number of benzene rings is 1. The molecule has 0 heterocycles. The van der Waals surface area contributed by atoms with Gasteiger partial charge in [-0.05, 0) is 48.8 Å². The third-order valence-electron chi connectivity index (χ3n) is 6.76. The molecule has 0 bridgehead atoms. The summed E-state index contributed by atoms with van der Waals surface area (Å²) in [6, 6.07) is 7.74. The van der Waals surface area contributed by atoms with Crippen molar-refractivity contribution < 1.29 is 0 Å². The maximum Gasteiger partial charge on any atom is 0.0915 e. The first kappa shape index (κ1) is 24.2. The third-order valence-corrected chi connectivity index (χ3v) is 10.7. The molecule has 29 heavy (non-hydrogen) atoms. The minimum Gasteiger partial charge on any atom is -0.0797 e. The van der Waals surface area contributed by atoms with Crippen molar-refractivity contribution in [2.75, 3.05) is 0 Å². The molecule has 1 aliphatic rings. The van der Waals surface area contributed by atoms with E-state index >= 15 is 0 Å². The maximum absolute atomic E-state index is 2.61. The Morgan fingerprint density at radius 3 is 1.79 bits per heavy atom. The Labute approximate surface area is 182 Å². The van der Waals surface area contributed by atoms with E-state index in [1.807, 2.05) is 0 Å². The van der Waals surface area contributed by atoms with Crippen molar-refractivity contribution in [1.29, 1.82) is 0 Å². The van der Waals surface area contributed by atoms with E-state index < -0.39 is 8.07 Å². The first-order valence-electron chi connectivity index (χ1n) is 12.5. The molecule has 1 aromatic carbocycles. The molecule has 1 aromatic rings. The molecule has 162 valence electrons. The van der Waals surface area contributed by atoms with Gasteiger partial charge in [0.25, 0.3) is 0 Å². The van der Waals surface area contributed by atoms with Crippen molar-refractivity contribution in [3.8, 4) is 0 Å². The van der Waals surface area contributed by atoms with E-state index in [1.165, 1.54) is 77.0 Å². The van der Waals surface area contributed by atoms with Crippen LogP contribution in [0.2, 0.25) is 18.6 Å². The van der Waals surface area contributed by atoms with Gasteiger partial charge in [0, 0.05) is 0 Å². The number of hydrogen-bond donors (Lipinski definition) is 0. The lowest BCUT2D eigenvalue weighted by Crippen LogP contribution is -2.46. The first-order valence-corrected chi connectivity index (χ1v) is 15.6. The molecule has 1 heteroatoms. The summed E-state index contributed by atoms with van der Waals surface area (Å²) in [5.41, 5.74) is 5.58. The molecule has 0 radical (unpaired) electrons. The first-order chi connectivity index (χ1) is 14.0. The zero-order valence-corrected chi connectivity index (χ0v) is 21.0. The number of aryl methyl sites for hydroxylation is 2. The molecule has 0 aliphatic heterocycles. The van der Waals surface area contributed by atoms with Gasteiger partial charge in [-0.25, -0.2) is 0 Å². The lowest BCUT2D eigenvalue weighted by molar-refractivity contribution is 0.661. The fraction of sp³-hybridized carbons (Fsp3) is 0.643. The van der Waals surface area contributed by atoms with Crippen LogP contribution in [0.15, 0.2) is 42.0 Å². The lowest BCUT2D eigenvalue weighted by Gasteiger charge is -2.32.